The van der Waals surface area contributed by atoms with Crippen LogP contribution in [0.1, 0.15) is 36.2 Å². The third-order valence-electron chi connectivity index (χ3n) is 5.07. The van der Waals surface area contributed by atoms with E-state index >= 15 is 0 Å². The Kier molecular flexibility index (Phi) is 4.78. The molecule has 0 bridgehead atoms. The van der Waals surface area contributed by atoms with Gasteiger partial charge in [-0.1, -0.05) is 12.8 Å². The van der Waals surface area contributed by atoms with Crippen LogP contribution in [0.15, 0.2) is 24.4 Å². The van der Waals surface area contributed by atoms with Crippen LogP contribution in [0, 0.1) is 0 Å². The summed E-state index contributed by atoms with van der Waals surface area (Å²) in [5.41, 5.74) is 13.3. The van der Waals surface area contributed by atoms with Gasteiger partial charge in [-0.3, -0.25) is 9.48 Å². The number of primary amides is 1. The third-order valence-corrected chi connectivity index (χ3v) is 5.07. The Morgan fingerprint density at radius 2 is 2.07 bits per heavy atom. The molecule has 0 spiro atoms. The summed E-state index contributed by atoms with van der Waals surface area (Å²) in [6, 6.07) is 5.84. The Balaban J connectivity index is 1.63. The minimum atomic E-state index is -0.704. The van der Waals surface area contributed by atoms with Crippen molar-refractivity contribution in [2.75, 3.05) is 10.6 Å². The molecule has 4 rings (SSSR count). The molecular weight excluding hydrogens is 358 g/mol. The van der Waals surface area contributed by atoms with E-state index in [9.17, 15) is 4.79 Å². The number of amides is 1. The van der Waals surface area contributed by atoms with Crippen molar-refractivity contribution in [3.63, 3.8) is 0 Å². The fraction of sp³-hybridized carbons (Fsp3) is 0.389. The van der Waals surface area contributed by atoms with Gasteiger partial charge >= 0.3 is 0 Å². The van der Waals surface area contributed by atoms with Crippen molar-refractivity contribution in [2.45, 2.75) is 37.8 Å². The van der Waals surface area contributed by atoms with Gasteiger partial charge in [0.25, 0.3) is 5.91 Å². The van der Waals surface area contributed by atoms with E-state index in [4.69, 9.17) is 11.5 Å². The van der Waals surface area contributed by atoms with Gasteiger partial charge in [0.05, 0.1) is 11.7 Å². The van der Waals surface area contributed by atoms with E-state index in [0.29, 0.717) is 5.95 Å². The van der Waals surface area contributed by atoms with Gasteiger partial charge in [0.1, 0.15) is 0 Å². The number of fused-ring (bicyclic) bond motifs is 1. The van der Waals surface area contributed by atoms with Crippen LogP contribution in [0.2, 0.25) is 0 Å². The third kappa shape index (κ3) is 3.58. The second-order valence-corrected chi connectivity index (χ2v) is 7.06. The van der Waals surface area contributed by atoms with Crippen LogP contribution >= 0.6 is 0 Å². The van der Waals surface area contributed by atoms with Crippen molar-refractivity contribution in [2.24, 2.45) is 18.5 Å². The number of nitrogens with two attached hydrogens (primary N) is 2. The first-order valence-electron chi connectivity index (χ1n) is 9.26. The highest BCUT2D eigenvalue weighted by atomic mass is 16.1. The van der Waals surface area contributed by atoms with Gasteiger partial charge in [0.15, 0.2) is 11.5 Å². The molecule has 1 saturated carbocycles. The van der Waals surface area contributed by atoms with Crippen molar-refractivity contribution in [1.82, 2.24) is 25.0 Å². The van der Waals surface area contributed by atoms with Gasteiger partial charge < -0.3 is 22.1 Å². The topological polar surface area (TPSA) is 150 Å². The van der Waals surface area contributed by atoms with E-state index in [-0.39, 0.29) is 23.6 Å². The first-order chi connectivity index (χ1) is 13.5. The second kappa shape index (κ2) is 7.39. The summed E-state index contributed by atoms with van der Waals surface area (Å²) in [5.74, 6) is -0.141. The van der Waals surface area contributed by atoms with Gasteiger partial charge in [0.2, 0.25) is 5.95 Å². The summed E-state index contributed by atoms with van der Waals surface area (Å²) in [6.07, 6.45) is 5.92. The molecule has 0 aliphatic heterocycles. The van der Waals surface area contributed by atoms with E-state index in [1.807, 2.05) is 25.2 Å². The van der Waals surface area contributed by atoms with Crippen LogP contribution in [0.5, 0.6) is 0 Å². The normalized spacial score (nSPS) is 19.5. The standard InChI is InChI=1S/C18H23N9O/c1-27-14-8-11(7-6-10(14)9-21-27)22-17-15(16(20)28)25-26-18(24-17)23-13-5-3-2-4-12(13)19/h6-9,12-13H,2-5,19H2,1H3,(H2,20,28)(H2,22,23,24,26)/t12-,13+/m0/s1. The Bertz CT molecular complexity index is 1020. The summed E-state index contributed by atoms with van der Waals surface area (Å²) < 4.78 is 1.77. The minimum absolute atomic E-state index is 0.0244. The number of hydrogen-bond acceptors (Lipinski definition) is 8. The zero-order valence-corrected chi connectivity index (χ0v) is 15.6. The van der Waals surface area contributed by atoms with Gasteiger partial charge in [-0.25, -0.2) is 0 Å². The van der Waals surface area contributed by atoms with Crippen molar-refractivity contribution in [3.05, 3.63) is 30.1 Å². The maximum Gasteiger partial charge on any atom is 0.273 e. The van der Waals surface area contributed by atoms with E-state index in [1.54, 1.807) is 10.9 Å². The molecule has 1 amide bonds. The van der Waals surface area contributed by atoms with E-state index in [1.165, 1.54) is 0 Å². The van der Waals surface area contributed by atoms with Crippen molar-refractivity contribution in [3.8, 4) is 0 Å². The Morgan fingerprint density at radius 3 is 2.86 bits per heavy atom. The molecule has 6 N–H and O–H groups in total. The Labute approximate surface area is 161 Å². The highest BCUT2D eigenvalue weighted by Crippen LogP contribution is 2.24. The highest BCUT2D eigenvalue weighted by Gasteiger charge is 2.23. The number of aryl methyl sites for hydroxylation is 1. The lowest BCUT2D eigenvalue weighted by molar-refractivity contribution is 0.0995. The monoisotopic (exact) mass is 381 g/mol. The second-order valence-electron chi connectivity index (χ2n) is 7.06. The Morgan fingerprint density at radius 1 is 1.25 bits per heavy atom. The zero-order chi connectivity index (χ0) is 19.7. The van der Waals surface area contributed by atoms with Crippen LogP contribution in [-0.2, 0) is 7.05 Å². The van der Waals surface area contributed by atoms with E-state index in [2.05, 4.69) is 30.9 Å². The molecule has 1 aliphatic carbocycles. The molecule has 2 aromatic heterocycles. The van der Waals surface area contributed by atoms with E-state index < -0.39 is 5.91 Å². The SMILES string of the molecule is Cn1ncc2ccc(Nc3nc(N[C@@H]4CCCC[C@@H]4N)nnc3C(N)=O)cc21. The molecule has 10 heteroatoms. The average molecular weight is 381 g/mol. The molecule has 2 heterocycles. The highest BCUT2D eigenvalue weighted by molar-refractivity contribution is 5.96. The van der Waals surface area contributed by atoms with Gasteiger partial charge in [0, 0.05) is 30.2 Å². The molecule has 3 aromatic rings. The number of nitrogens with one attached hydrogen (secondary N) is 2. The van der Waals surface area contributed by atoms with Crippen LogP contribution < -0.4 is 22.1 Å². The number of rotatable bonds is 5. The average Bonchev–Trinajstić information content (AvgIpc) is 3.04. The number of carbonyl (C=O) groups excluding carboxylic acids is 1. The molecule has 1 fully saturated rings. The number of carbonyl (C=O) groups is 1. The molecule has 146 valence electrons. The lowest BCUT2D eigenvalue weighted by Gasteiger charge is -2.29. The van der Waals surface area contributed by atoms with Gasteiger partial charge in [-0.15, -0.1) is 10.2 Å². The fourth-order valence-electron chi connectivity index (χ4n) is 3.50. The van der Waals surface area contributed by atoms with Crippen LogP contribution in [-0.4, -0.2) is 43.0 Å². The lowest BCUT2D eigenvalue weighted by Crippen LogP contribution is -2.43. The van der Waals surface area contributed by atoms with Crippen molar-refractivity contribution < 1.29 is 4.79 Å². The molecule has 10 nitrogen and oxygen atoms in total. The van der Waals surface area contributed by atoms with Gasteiger partial charge in [-0.2, -0.15) is 10.1 Å². The Hall–Kier alpha value is -3.27. The summed E-state index contributed by atoms with van der Waals surface area (Å²) in [4.78, 5) is 16.2. The zero-order valence-electron chi connectivity index (χ0n) is 15.6. The summed E-state index contributed by atoms with van der Waals surface area (Å²) >= 11 is 0. The summed E-state index contributed by atoms with van der Waals surface area (Å²) in [6.45, 7) is 0. The lowest BCUT2D eigenvalue weighted by atomic mass is 9.91. The van der Waals surface area contributed by atoms with Crippen molar-refractivity contribution >= 4 is 34.3 Å². The first kappa shape index (κ1) is 18.1. The summed E-state index contributed by atoms with van der Waals surface area (Å²) in [5, 5.41) is 19.6. The number of benzene rings is 1. The number of nitrogens with zero attached hydrogens (tertiary/aromatic N) is 5. The molecule has 0 unspecified atom stereocenters. The predicted molar refractivity (Wildman–Crippen MR) is 106 cm³/mol. The molecule has 28 heavy (non-hydrogen) atoms. The number of aromatic nitrogens is 5. The largest absolute Gasteiger partial charge is 0.364 e. The van der Waals surface area contributed by atoms with Gasteiger partial charge in [-0.05, 0) is 31.0 Å². The molecule has 0 saturated heterocycles. The molecule has 0 radical (unpaired) electrons. The molecular formula is C18H23N9O. The van der Waals surface area contributed by atoms with Crippen LogP contribution in [0.25, 0.3) is 10.9 Å². The maximum absolute atomic E-state index is 11.8. The molecule has 2 atom stereocenters. The van der Waals surface area contributed by atoms with Crippen LogP contribution in [0.3, 0.4) is 0 Å². The number of hydrogen-bond donors (Lipinski definition) is 4. The minimum Gasteiger partial charge on any atom is -0.364 e. The predicted octanol–water partition coefficient (Wildman–Crippen LogP) is 1.28. The fourth-order valence-corrected chi connectivity index (χ4v) is 3.50. The summed E-state index contributed by atoms with van der Waals surface area (Å²) in [7, 11) is 1.86. The van der Waals surface area contributed by atoms with Crippen molar-refractivity contribution in [1.29, 1.82) is 0 Å². The molecule has 1 aliphatic rings. The van der Waals surface area contributed by atoms with E-state index in [0.717, 1.165) is 42.3 Å². The number of anilines is 3. The van der Waals surface area contributed by atoms with Crippen LogP contribution in [0.4, 0.5) is 17.5 Å². The quantitative estimate of drug-likeness (QED) is 0.516. The maximum atomic E-state index is 11.8. The first-order valence-corrected chi connectivity index (χ1v) is 9.26. The smallest absolute Gasteiger partial charge is 0.273 e. The molecule has 1 aromatic carbocycles.